The molecule has 0 saturated carbocycles. The van der Waals surface area contributed by atoms with Gasteiger partial charge < -0.3 is 18.3 Å². The fourth-order valence-corrected chi connectivity index (χ4v) is 19.8. The molecule has 4 aromatic heterocycles. The minimum Gasteiger partial charge on any atom is -0.310 e. The van der Waals surface area contributed by atoms with E-state index in [1.165, 1.54) is 6.07 Å². The molecule has 0 saturated heterocycles. The van der Waals surface area contributed by atoms with E-state index in [1.54, 1.807) is 37.3 Å². The number of nitriles is 2. The highest BCUT2D eigenvalue weighted by molar-refractivity contribution is 6.17. The Morgan fingerprint density at radius 1 is 0.252 bits per heavy atom. The summed E-state index contributed by atoms with van der Waals surface area (Å²) in [7, 11) is 0. The average molecular weight is 1690 g/mol. The zero-order valence-corrected chi connectivity index (χ0v) is 70.9. The van der Waals surface area contributed by atoms with Gasteiger partial charge in [0.15, 0.2) is 22.7 Å². The number of benzene rings is 18. The summed E-state index contributed by atoms with van der Waals surface area (Å²) in [4.78, 5) is 15.9. The number of fused-ring (bicyclic) bond motifs is 12. The predicted molar refractivity (Wildman–Crippen MR) is 527 cm³/mol. The Bertz CT molecular complexity index is 8850. The second kappa shape index (κ2) is 32.5. The predicted octanol–water partition coefficient (Wildman–Crippen LogP) is 33.0. The van der Waals surface area contributed by atoms with Crippen molar-refractivity contribution < 1.29 is 13.2 Å². The van der Waals surface area contributed by atoms with E-state index in [1.807, 2.05) is 170 Å². The lowest BCUT2D eigenvalue weighted by molar-refractivity contribution is -0.137. The molecule has 0 fully saturated rings. The number of nitrogens with zero attached hydrogens (tertiary/aromatic N) is 10. The van der Waals surface area contributed by atoms with Crippen LogP contribution in [0.3, 0.4) is 0 Å². The van der Waals surface area contributed by atoms with Crippen molar-refractivity contribution in [2.75, 3.05) is 0 Å². The first kappa shape index (κ1) is 80.0. The molecule has 0 atom stereocenters. The molecule has 0 amide bonds. The Hall–Kier alpha value is -18.1. The highest BCUT2D eigenvalue weighted by atomic mass is 19.4. The van der Waals surface area contributed by atoms with Crippen molar-refractivity contribution in [2.24, 2.45) is 0 Å². The molecule has 0 radical (unpaired) electrons. The van der Waals surface area contributed by atoms with Crippen molar-refractivity contribution in [3.05, 3.63) is 455 Å². The van der Waals surface area contributed by atoms with Gasteiger partial charge in [-0.1, -0.05) is 243 Å². The maximum Gasteiger partial charge on any atom is 0.417 e. The molecule has 0 aliphatic carbocycles. The van der Waals surface area contributed by atoms with Gasteiger partial charge in [0, 0.05) is 71.2 Å². The SMILES string of the molecule is [C-]#[N+]c1cccc(-c2ccc3c(c2)c2ccccc2n3-c2ccc(-c3c(C)cccc3C(F)(F)F)cc2-c2c([N+]#[C-])cccc2-n2c3ccccc3c3cc(-c4cccc(C#N)c4)ccc32)c1.[C-]#[N+]c1ccccc1-c1ccc2c(c1)c1ccccc1n2-c1cccc([N+]#[C-])c1-c1c(-c2c(C)cccc2C)cccc1-n1c2ccccc2c2cc(-c3ccccc3C#N)ccc21. The second-order valence-electron chi connectivity index (χ2n) is 32.7. The van der Waals surface area contributed by atoms with Crippen LogP contribution in [0.25, 0.3) is 218 Å². The van der Waals surface area contributed by atoms with Crippen molar-refractivity contribution >= 4 is 110 Å². The van der Waals surface area contributed by atoms with Crippen LogP contribution in [0.1, 0.15) is 33.4 Å². The molecule has 10 nitrogen and oxygen atoms in total. The Labute approximate surface area is 753 Å². The van der Waals surface area contributed by atoms with Crippen molar-refractivity contribution in [2.45, 2.75) is 26.9 Å². The minimum absolute atomic E-state index is 0.0722. The Morgan fingerprint density at radius 2 is 0.634 bits per heavy atom. The molecule has 22 rings (SSSR count). The van der Waals surface area contributed by atoms with E-state index in [4.69, 9.17) is 26.3 Å². The largest absolute Gasteiger partial charge is 0.417 e. The lowest BCUT2D eigenvalue weighted by Crippen LogP contribution is -2.08. The molecule has 131 heavy (non-hydrogen) atoms. The van der Waals surface area contributed by atoms with E-state index in [2.05, 4.69) is 227 Å². The van der Waals surface area contributed by atoms with Gasteiger partial charge in [-0.15, -0.1) is 0 Å². The van der Waals surface area contributed by atoms with Gasteiger partial charge in [-0.25, -0.2) is 19.4 Å². The number of halogens is 3. The van der Waals surface area contributed by atoms with Gasteiger partial charge in [0.2, 0.25) is 0 Å². The van der Waals surface area contributed by atoms with Crippen molar-refractivity contribution in [3.63, 3.8) is 0 Å². The first-order valence-corrected chi connectivity index (χ1v) is 42.8. The molecule has 0 unspecified atom stereocenters. The monoisotopic (exact) mass is 1680 g/mol. The van der Waals surface area contributed by atoms with Crippen LogP contribution in [0.5, 0.6) is 0 Å². The van der Waals surface area contributed by atoms with E-state index in [0.717, 1.165) is 183 Å². The highest BCUT2D eigenvalue weighted by Crippen LogP contribution is 2.53. The number of rotatable bonds is 12. The summed E-state index contributed by atoms with van der Waals surface area (Å²) in [6.45, 7) is 39.0. The van der Waals surface area contributed by atoms with Gasteiger partial charge in [0.25, 0.3) is 0 Å². The van der Waals surface area contributed by atoms with E-state index < -0.39 is 11.7 Å². The number of para-hydroxylation sites is 5. The quantitative estimate of drug-likeness (QED) is 0.114. The Kier molecular flexibility index (Phi) is 19.8. The fourth-order valence-electron chi connectivity index (χ4n) is 19.8. The summed E-state index contributed by atoms with van der Waals surface area (Å²) >= 11 is 0. The zero-order valence-electron chi connectivity index (χ0n) is 70.9. The van der Waals surface area contributed by atoms with Gasteiger partial charge in [-0.3, -0.25) is 0 Å². The Morgan fingerprint density at radius 3 is 1.16 bits per heavy atom. The summed E-state index contributed by atoms with van der Waals surface area (Å²) in [5.41, 5.74) is 28.9. The van der Waals surface area contributed by atoms with Crippen LogP contribution >= 0.6 is 0 Å². The van der Waals surface area contributed by atoms with Crippen LogP contribution in [0.4, 0.5) is 35.9 Å². The molecule has 0 N–H and O–H groups in total. The van der Waals surface area contributed by atoms with Gasteiger partial charge in [0.1, 0.15) is 0 Å². The summed E-state index contributed by atoms with van der Waals surface area (Å²) in [5, 5.41) is 27.9. The number of aryl methyl sites for hydroxylation is 3. The molecule has 614 valence electrons. The molecule has 22 aromatic rings. The number of hydrogen-bond donors (Lipinski definition) is 0. The lowest BCUT2D eigenvalue weighted by atomic mass is 9.87. The van der Waals surface area contributed by atoms with Gasteiger partial charge >= 0.3 is 6.18 Å². The normalized spacial score (nSPS) is 11.4. The first-order valence-electron chi connectivity index (χ1n) is 42.8. The molecular weight excluding hydrogens is 1610 g/mol. The number of hydrogen-bond acceptors (Lipinski definition) is 2. The molecule has 0 aliphatic heterocycles. The molecule has 0 bridgehead atoms. The Balaban J connectivity index is 0.000000158. The van der Waals surface area contributed by atoms with E-state index in [0.29, 0.717) is 67.5 Å². The minimum atomic E-state index is -4.63. The third-order valence-electron chi connectivity index (χ3n) is 25.4. The van der Waals surface area contributed by atoms with Crippen LogP contribution in [0.15, 0.2) is 376 Å². The van der Waals surface area contributed by atoms with Crippen LogP contribution in [0, 0.1) is 69.7 Å². The summed E-state index contributed by atoms with van der Waals surface area (Å²) in [5.74, 6) is 0. The number of alkyl halides is 3. The molecule has 0 aliphatic rings. The summed E-state index contributed by atoms with van der Waals surface area (Å²) in [6, 6.07) is 128. The standard InChI is InChI=1S/C59H34F3N5.C59H37N5/c1-36-12-8-19-49(59(60,61)62)57(36)42-26-29-55(66-51-21-6-4-17-44(51)46-33-41(25-27-53(46)66)39-15-10-16-43(31-39)64-2)48(34-42)58-50(65-3)20-11-23-56(58)67-52-22-7-5-18-45(52)47-32-40(24-28-54(47)67)38-14-9-13-37(30-38)35-63;1-37-16-13-17-38(2)57(37)46-23-14-28-55(63-51-26-11-8-21-44(51)47-34-39(30-32-53(47)63)42-19-6-5-18-41(42)36-60)58(46)59-50(62-4)25-15-29-56(59)64-52-27-12-9-22-45(52)48-35-40(31-33-54(48)64)43-20-7-10-24-49(43)61-3/h4-34H,1H3;5-35H,1-2H3. The number of aromatic nitrogens is 4. The average Bonchev–Trinajstić information content (AvgIpc) is 1.59. The van der Waals surface area contributed by atoms with Crippen LogP contribution in [-0.4, -0.2) is 18.3 Å². The topological polar surface area (TPSA) is 84.7 Å². The lowest BCUT2D eigenvalue weighted by Gasteiger charge is -2.24. The molecule has 13 heteroatoms. The van der Waals surface area contributed by atoms with Crippen LogP contribution < -0.4 is 0 Å². The van der Waals surface area contributed by atoms with E-state index >= 15 is 0 Å². The van der Waals surface area contributed by atoms with Gasteiger partial charge in [-0.05, 0) is 243 Å². The van der Waals surface area contributed by atoms with E-state index in [-0.39, 0.29) is 5.56 Å². The summed E-state index contributed by atoms with van der Waals surface area (Å²) < 4.78 is 53.8. The molecule has 4 heterocycles. The maximum absolute atomic E-state index is 15.0. The third-order valence-corrected chi connectivity index (χ3v) is 25.4. The second-order valence-corrected chi connectivity index (χ2v) is 32.7. The van der Waals surface area contributed by atoms with Crippen molar-refractivity contribution in [1.29, 1.82) is 10.5 Å². The summed E-state index contributed by atoms with van der Waals surface area (Å²) in [6.07, 6.45) is -4.63. The first-order chi connectivity index (χ1) is 64.1. The molecular formula is C118H71F3N10. The van der Waals surface area contributed by atoms with E-state index in [9.17, 15) is 23.7 Å². The van der Waals surface area contributed by atoms with Crippen LogP contribution in [0.2, 0.25) is 0 Å². The maximum atomic E-state index is 15.0. The third kappa shape index (κ3) is 13.5. The van der Waals surface area contributed by atoms with Crippen molar-refractivity contribution in [3.8, 4) is 124 Å². The smallest absolute Gasteiger partial charge is 0.310 e. The van der Waals surface area contributed by atoms with Crippen LogP contribution in [-0.2, 0) is 6.18 Å². The molecule has 18 aromatic carbocycles. The molecule has 0 spiro atoms. The highest BCUT2D eigenvalue weighted by Gasteiger charge is 2.36. The van der Waals surface area contributed by atoms with Crippen molar-refractivity contribution in [1.82, 2.24) is 18.3 Å². The van der Waals surface area contributed by atoms with Gasteiger partial charge in [-0.2, -0.15) is 23.7 Å². The zero-order chi connectivity index (χ0) is 89.5. The fraction of sp³-hybridized carbons (Fsp3) is 0.0339. The van der Waals surface area contributed by atoms with Gasteiger partial charge in [0.05, 0.1) is 111 Å².